The van der Waals surface area contributed by atoms with Crippen LogP contribution in [-0.2, 0) is 11.4 Å². The maximum atomic E-state index is 12.4. The molecule has 5 heteroatoms. The Bertz CT molecular complexity index is 1010. The highest BCUT2D eigenvalue weighted by molar-refractivity contribution is 6.27. The second-order valence-electron chi connectivity index (χ2n) is 6.85. The Morgan fingerprint density at radius 3 is 2.45 bits per heavy atom. The molecule has 1 unspecified atom stereocenters. The van der Waals surface area contributed by atoms with Crippen molar-refractivity contribution in [1.29, 1.82) is 0 Å². The Morgan fingerprint density at radius 1 is 1.00 bits per heavy atom. The smallest absolute Gasteiger partial charge is 0.258 e. The Morgan fingerprint density at radius 2 is 1.72 bits per heavy atom. The molecule has 0 N–H and O–H groups in total. The summed E-state index contributed by atoms with van der Waals surface area (Å²) in [4.78, 5) is 12.4. The predicted molar refractivity (Wildman–Crippen MR) is 115 cm³/mol. The van der Waals surface area contributed by atoms with Crippen LogP contribution in [0.1, 0.15) is 29.2 Å². The van der Waals surface area contributed by atoms with Gasteiger partial charge in [0, 0.05) is 12.0 Å². The number of benzene rings is 3. The average Bonchev–Trinajstić information content (AvgIpc) is 3.24. The second-order valence-corrected chi connectivity index (χ2v) is 7.12. The topological polar surface area (TPSA) is 41.9 Å². The normalized spacial score (nSPS) is 15.8. The van der Waals surface area contributed by atoms with Gasteiger partial charge in [0.2, 0.25) is 0 Å². The minimum Gasteiger partial charge on any atom is -0.489 e. The fourth-order valence-corrected chi connectivity index (χ4v) is 3.54. The van der Waals surface area contributed by atoms with E-state index in [4.69, 9.17) is 16.3 Å². The van der Waals surface area contributed by atoms with Crippen LogP contribution in [0.5, 0.6) is 5.75 Å². The molecule has 4 rings (SSSR count). The lowest BCUT2D eigenvalue weighted by atomic mass is 9.98. The van der Waals surface area contributed by atoms with E-state index in [9.17, 15) is 4.79 Å². The van der Waals surface area contributed by atoms with E-state index in [2.05, 4.69) is 5.10 Å². The highest BCUT2D eigenvalue weighted by Gasteiger charge is 2.32. The molecule has 0 aromatic heterocycles. The first-order valence-corrected chi connectivity index (χ1v) is 10.1. The number of alkyl halides is 1. The Labute approximate surface area is 175 Å². The van der Waals surface area contributed by atoms with E-state index in [1.165, 1.54) is 5.01 Å². The fourth-order valence-electron chi connectivity index (χ4n) is 3.42. The zero-order valence-electron chi connectivity index (χ0n) is 15.9. The molecule has 146 valence electrons. The molecule has 1 aliphatic rings. The molecule has 3 aromatic rings. The summed E-state index contributed by atoms with van der Waals surface area (Å²) in [7, 11) is 0. The van der Waals surface area contributed by atoms with E-state index >= 15 is 0 Å². The number of carbonyl (C=O) groups is 1. The van der Waals surface area contributed by atoms with Crippen molar-refractivity contribution in [2.75, 3.05) is 5.88 Å². The maximum absolute atomic E-state index is 12.4. The van der Waals surface area contributed by atoms with Gasteiger partial charge in [-0.1, -0.05) is 72.8 Å². The van der Waals surface area contributed by atoms with Crippen LogP contribution in [0.25, 0.3) is 0 Å². The molecule has 0 saturated heterocycles. The van der Waals surface area contributed by atoms with Gasteiger partial charge in [-0.25, -0.2) is 5.01 Å². The first-order chi connectivity index (χ1) is 14.2. The largest absolute Gasteiger partial charge is 0.489 e. The van der Waals surface area contributed by atoms with Crippen molar-refractivity contribution in [2.24, 2.45) is 5.10 Å². The van der Waals surface area contributed by atoms with E-state index in [0.29, 0.717) is 13.0 Å². The van der Waals surface area contributed by atoms with Crippen molar-refractivity contribution in [3.8, 4) is 5.75 Å². The number of halogens is 1. The summed E-state index contributed by atoms with van der Waals surface area (Å²) in [6, 6.07) is 27.6. The van der Waals surface area contributed by atoms with Gasteiger partial charge in [0.05, 0.1) is 11.8 Å². The van der Waals surface area contributed by atoms with Gasteiger partial charge in [-0.3, -0.25) is 4.79 Å². The van der Waals surface area contributed by atoms with E-state index in [1.54, 1.807) is 0 Å². The molecule has 1 amide bonds. The van der Waals surface area contributed by atoms with Crippen LogP contribution in [0.3, 0.4) is 0 Å². The van der Waals surface area contributed by atoms with Crippen LogP contribution in [0.2, 0.25) is 0 Å². The van der Waals surface area contributed by atoms with Crippen LogP contribution in [-0.4, -0.2) is 22.5 Å². The first-order valence-electron chi connectivity index (χ1n) is 9.52. The molecule has 0 bridgehead atoms. The zero-order valence-corrected chi connectivity index (χ0v) is 16.6. The van der Waals surface area contributed by atoms with Gasteiger partial charge in [0.15, 0.2) is 0 Å². The summed E-state index contributed by atoms with van der Waals surface area (Å²) in [5.41, 5.74) is 3.95. The van der Waals surface area contributed by atoms with E-state index in [-0.39, 0.29) is 17.8 Å². The number of hydrogen-bond donors (Lipinski definition) is 0. The SMILES string of the molecule is O=C(CCl)N1N=C(c2cccc(OCc3ccccc3)c2)CC1c1ccccc1. The maximum Gasteiger partial charge on any atom is 0.258 e. The van der Waals surface area contributed by atoms with E-state index < -0.39 is 0 Å². The predicted octanol–water partition coefficient (Wildman–Crippen LogP) is 5.18. The van der Waals surface area contributed by atoms with Crippen LogP contribution in [0, 0.1) is 0 Å². The second kappa shape index (κ2) is 8.93. The molecule has 29 heavy (non-hydrogen) atoms. The van der Waals surface area contributed by atoms with Gasteiger partial charge in [-0.05, 0) is 23.3 Å². The van der Waals surface area contributed by atoms with E-state index in [1.807, 2.05) is 84.9 Å². The molecule has 0 radical (unpaired) electrons. The molecule has 1 atom stereocenters. The zero-order chi connectivity index (χ0) is 20.1. The lowest BCUT2D eigenvalue weighted by Crippen LogP contribution is -2.27. The lowest BCUT2D eigenvalue weighted by Gasteiger charge is -2.21. The lowest BCUT2D eigenvalue weighted by molar-refractivity contribution is -0.130. The minimum atomic E-state index is -0.202. The molecular formula is C24H21ClN2O2. The summed E-state index contributed by atoms with van der Waals surface area (Å²) in [5.74, 6) is 0.472. The quantitative estimate of drug-likeness (QED) is 0.531. The summed E-state index contributed by atoms with van der Waals surface area (Å²) >= 11 is 5.82. The highest BCUT2D eigenvalue weighted by atomic mass is 35.5. The highest BCUT2D eigenvalue weighted by Crippen LogP contribution is 2.33. The summed E-state index contributed by atoms with van der Waals surface area (Å²) < 4.78 is 5.94. The number of hydrogen-bond acceptors (Lipinski definition) is 3. The molecule has 1 heterocycles. The van der Waals surface area contributed by atoms with Gasteiger partial charge in [-0.15, -0.1) is 11.6 Å². The van der Waals surface area contributed by atoms with Crippen molar-refractivity contribution >= 4 is 23.2 Å². The molecule has 3 aromatic carbocycles. The van der Waals surface area contributed by atoms with Crippen molar-refractivity contribution in [2.45, 2.75) is 19.1 Å². The van der Waals surface area contributed by atoms with Gasteiger partial charge in [-0.2, -0.15) is 5.10 Å². The number of nitrogens with zero attached hydrogens (tertiary/aromatic N) is 2. The monoisotopic (exact) mass is 404 g/mol. The molecule has 0 saturated carbocycles. The fraction of sp³-hybridized carbons (Fsp3) is 0.167. The van der Waals surface area contributed by atoms with Gasteiger partial charge < -0.3 is 4.74 Å². The number of rotatable bonds is 6. The molecule has 0 fully saturated rings. The Kier molecular flexibility index (Phi) is 5.92. The van der Waals surface area contributed by atoms with Crippen molar-refractivity contribution in [3.63, 3.8) is 0 Å². The van der Waals surface area contributed by atoms with Crippen molar-refractivity contribution < 1.29 is 9.53 Å². The Balaban J connectivity index is 1.55. The van der Waals surface area contributed by atoms with Gasteiger partial charge in [0.1, 0.15) is 18.2 Å². The summed E-state index contributed by atoms with van der Waals surface area (Å²) in [6.07, 6.45) is 0.634. The third-order valence-electron chi connectivity index (χ3n) is 4.88. The summed E-state index contributed by atoms with van der Waals surface area (Å²) in [6.45, 7) is 0.500. The molecule has 1 aliphatic heterocycles. The number of hydrazone groups is 1. The number of carbonyl (C=O) groups excluding carboxylic acids is 1. The Hall–Kier alpha value is -3.11. The number of amides is 1. The molecular weight excluding hydrogens is 384 g/mol. The third-order valence-corrected chi connectivity index (χ3v) is 5.11. The van der Waals surface area contributed by atoms with Crippen molar-refractivity contribution in [3.05, 3.63) is 102 Å². The van der Waals surface area contributed by atoms with Crippen LogP contribution in [0.15, 0.2) is 90.0 Å². The van der Waals surface area contributed by atoms with Crippen molar-refractivity contribution in [1.82, 2.24) is 5.01 Å². The summed E-state index contributed by atoms with van der Waals surface area (Å²) in [5, 5.41) is 6.12. The standard InChI is InChI=1S/C24H21ClN2O2/c25-16-24(28)27-23(19-10-5-2-6-11-19)15-22(26-27)20-12-7-13-21(14-20)29-17-18-8-3-1-4-9-18/h1-14,23H,15-17H2. The van der Waals surface area contributed by atoms with Gasteiger partial charge >= 0.3 is 0 Å². The van der Waals surface area contributed by atoms with Crippen LogP contribution < -0.4 is 4.74 Å². The molecule has 0 aliphatic carbocycles. The van der Waals surface area contributed by atoms with E-state index in [0.717, 1.165) is 28.2 Å². The molecule has 0 spiro atoms. The van der Waals surface area contributed by atoms with Gasteiger partial charge in [0.25, 0.3) is 5.91 Å². The van der Waals surface area contributed by atoms with Crippen LogP contribution >= 0.6 is 11.6 Å². The average molecular weight is 405 g/mol. The minimum absolute atomic E-state index is 0.0969. The number of ether oxygens (including phenoxy) is 1. The first kappa shape index (κ1) is 19.2. The third kappa shape index (κ3) is 4.49. The molecule has 4 nitrogen and oxygen atoms in total. The van der Waals surface area contributed by atoms with Crippen LogP contribution in [0.4, 0.5) is 0 Å².